The van der Waals surface area contributed by atoms with Gasteiger partial charge in [-0.25, -0.2) is 0 Å². The van der Waals surface area contributed by atoms with Crippen LogP contribution >= 0.6 is 22.6 Å². The van der Waals surface area contributed by atoms with E-state index in [0.29, 0.717) is 18.8 Å². The summed E-state index contributed by atoms with van der Waals surface area (Å²) in [5, 5.41) is 0. The minimum absolute atomic E-state index is 0.0104. The number of likely N-dealkylation sites (tertiary alicyclic amines) is 1. The van der Waals surface area contributed by atoms with Crippen LogP contribution < -0.4 is 4.74 Å². The molecule has 0 bridgehead atoms. The van der Waals surface area contributed by atoms with Crippen LogP contribution in [-0.2, 0) is 9.59 Å². The van der Waals surface area contributed by atoms with Gasteiger partial charge < -0.3 is 14.5 Å². The van der Waals surface area contributed by atoms with Crippen molar-refractivity contribution in [3.8, 4) is 5.75 Å². The normalized spacial score (nSPS) is 15.1. The lowest BCUT2D eigenvalue weighted by molar-refractivity contribution is -0.140. The highest BCUT2D eigenvalue weighted by Crippen LogP contribution is 2.20. The molecule has 1 aromatic carbocycles. The van der Waals surface area contributed by atoms with Gasteiger partial charge in [-0.2, -0.15) is 0 Å². The van der Waals surface area contributed by atoms with Crippen molar-refractivity contribution >= 4 is 34.4 Å². The molecule has 1 aliphatic heterocycles. The smallest absolute Gasteiger partial charge is 0.260 e. The molecule has 1 fully saturated rings. The van der Waals surface area contributed by atoms with Gasteiger partial charge in [-0.05, 0) is 66.1 Å². The molecule has 2 amide bonds. The number of hydrogen-bond acceptors (Lipinski definition) is 3. The summed E-state index contributed by atoms with van der Waals surface area (Å²) in [5.74, 6) is 0.957. The fourth-order valence-corrected chi connectivity index (χ4v) is 3.32. The van der Waals surface area contributed by atoms with Crippen molar-refractivity contribution < 1.29 is 14.3 Å². The molecule has 1 saturated heterocycles. The summed E-state index contributed by atoms with van der Waals surface area (Å²) >= 11 is 2.23. The Labute approximate surface area is 163 Å². The molecular formula is C19H27IN2O3. The van der Waals surface area contributed by atoms with Crippen LogP contribution in [0, 0.1) is 9.49 Å². The maximum atomic E-state index is 12.4. The van der Waals surface area contributed by atoms with E-state index in [1.165, 1.54) is 0 Å². The Balaban J connectivity index is 1.74. The Morgan fingerprint density at radius 2 is 1.88 bits per heavy atom. The number of unbranched alkanes of at least 4 members (excludes halogenated alkanes) is 1. The summed E-state index contributed by atoms with van der Waals surface area (Å²) in [6.45, 7) is 4.26. The maximum absolute atomic E-state index is 12.4. The van der Waals surface area contributed by atoms with E-state index in [1.807, 2.05) is 41.1 Å². The number of hydrogen-bond donors (Lipinski definition) is 0. The molecule has 25 heavy (non-hydrogen) atoms. The van der Waals surface area contributed by atoms with Gasteiger partial charge >= 0.3 is 0 Å². The van der Waals surface area contributed by atoms with Crippen LogP contribution in [0.1, 0.15) is 32.6 Å². The molecule has 2 rings (SSSR count). The molecule has 1 aliphatic rings. The molecule has 0 spiro atoms. The first kappa shape index (κ1) is 20.0. The average Bonchev–Trinajstić information content (AvgIpc) is 2.65. The number of nitrogens with zero attached hydrogens (tertiary/aromatic N) is 2. The second-order valence-corrected chi connectivity index (χ2v) is 7.76. The predicted octanol–water partition coefficient (Wildman–Crippen LogP) is 3.17. The van der Waals surface area contributed by atoms with Gasteiger partial charge in [0.25, 0.3) is 5.91 Å². The Morgan fingerprint density at radius 1 is 1.24 bits per heavy atom. The van der Waals surface area contributed by atoms with E-state index in [2.05, 4.69) is 29.5 Å². The van der Waals surface area contributed by atoms with Gasteiger partial charge in [0.1, 0.15) is 5.75 Å². The first-order chi connectivity index (χ1) is 12.0. The number of carbonyl (C=O) groups excluding carboxylic acids is 2. The van der Waals surface area contributed by atoms with Crippen molar-refractivity contribution in [3.63, 3.8) is 0 Å². The Hall–Kier alpha value is -1.31. The fraction of sp³-hybridized carbons (Fsp3) is 0.579. The molecule has 1 heterocycles. The maximum Gasteiger partial charge on any atom is 0.260 e. The summed E-state index contributed by atoms with van der Waals surface area (Å²) in [6.07, 6.45) is 3.61. The molecule has 0 N–H and O–H groups in total. The van der Waals surface area contributed by atoms with E-state index >= 15 is 0 Å². The summed E-state index contributed by atoms with van der Waals surface area (Å²) in [4.78, 5) is 28.4. The standard InChI is InChI=1S/C19H27IN2O3/c1-3-4-11-21(2)19(24)15-9-12-22(13-10-15)18(23)14-25-17-7-5-16(20)6-8-17/h5-8,15H,3-4,9-14H2,1-2H3. The second kappa shape index (κ2) is 9.99. The lowest BCUT2D eigenvalue weighted by Crippen LogP contribution is -2.45. The predicted molar refractivity (Wildman–Crippen MR) is 107 cm³/mol. The van der Waals surface area contributed by atoms with E-state index in [4.69, 9.17) is 4.74 Å². The Kier molecular flexibility index (Phi) is 7.99. The van der Waals surface area contributed by atoms with Gasteiger partial charge in [-0.15, -0.1) is 0 Å². The first-order valence-corrected chi connectivity index (χ1v) is 10.00. The second-order valence-electron chi connectivity index (χ2n) is 6.51. The van der Waals surface area contributed by atoms with Crippen LogP contribution in [0.3, 0.4) is 0 Å². The van der Waals surface area contributed by atoms with Crippen molar-refractivity contribution in [2.45, 2.75) is 32.6 Å². The zero-order valence-electron chi connectivity index (χ0n) is 15.0. The molecule has 0 atom stereocenters. The zero-order valence-corrected chi connectivity index (χ0v) is 17.2. The minimum atomic E-state index is -0.0104. The summed E-state index contributed by atoms with van der Waals surface area (Å²) in [6, 6.07) is 7.64. The average molecular weight is 458 g/mol. The molecule has 5 nitrogen and oxygen atoms in total. The third kappa shape index (κ3) is 6.17. The molecule has 0 unspecified atom stereocenters. The van der Waals surface area contributed by atoms with Crippen molar-refractivity contribution in [1.29, 1.82) is 0 Å². The number of halogens is 1. The van der Waals surface area contributed by atoms with Crippen LogP contribution in [0.5, 0.6) is 5.75 Å². The molecular weight excluding hydrogens is 431 g/mol. The largest absolute Gasteiger partial charge is 0.484 e. The van der Waals surface area contributed by atoms with Crippen molar-refractivity contribution in [2.75, 3.05) is 33.3 Å². The molecule has 1 aromatic rings. The fourth-order valence-electron chi connectivity index (χ4n) is 2.96. The van der Waals surface area contributed by atoms with E-state index in [0.717, 1.165) is 35.8 Å². The van der Waals surface area contributed by atoms with Gasteiger partial charge in [-0.3, -0.25) is 9.59 Å². The molecule has 6 heteroatoms. The Morgan fingerprint density at radius 3 is 2.48 bits per heavy atom. The van der Waals surface area contributed by atoms with Crippen molar-refractivity contribution in [1.82, 2.24) is 9.80 Å². The number of amides is 2. The van der Waals surface area contributed by atoms with Crippen LogP contribution in [0.25, 0.3) is 0 Å². The summed E-state index contributed by atoms with van der Waals surface area (Å²) < 4.78 is 6.69. The molecule has 0 saturated carbocycles. The molecule has 138 valence electrons. The molecule has 0 radical (unpaired) electrons. The van der Waals surface area contributed by atoms with Crippen molar-refractivity contribution in [3.05, 3.63) is 27.8 Å². The van der Waals surface area contributed by atoms with Crippen LogP contribution in [0.15, 0.2) is 24.3 Å². The topological polar surface area (TPSA) is 49.9 Å². The van der Waals surface area contributed by atoms with Crippen molar-refractivity contribution in [2.24, 2.45) is 5.92 Å². The van der Waals surface area contributed by atoms with Gasteiger partial charge in [0.05, 0.1) is 0 Å². The van der Waals surface area contributed by atoms with E-state index < -0.39 is 0 Å². The van der Waals surface area contributed by atoms with Crippen LogP contribution in [0.2, 0.25) is 0 Å². The van der Waals surface area contributed by atoms with Gasteiger partial charge in [0, 0.05) is 36.2 Å². The number of benzene rings is 1. The number of carbonyl (C=O) groups is 2. The van der Waals surface area contributed by atoms with Crippen LogP contribution in [-0.4, -0.2) is 54.9 Å². The highest BCUT2D eigenvalue weighted by molar-refractivity contribution is 14.1. The van der Waals surface area contributed by atoms with E-state index in [9.17, 15) is 9.59 Å². The number of ether oxygens (including phenoxy) is 1. The minimum Gasteiger partial charge on any atom is -0.484 e. The lowest BCUT2D eigenvalue weighted by Gasteiger charge is -2.33. The first-order valence-electron chi connectivity index (χ1n) is 8.92. The SMILES string of the molecule is CCCCN(C)C(=O)C1CCN(C(=O)COc2ccc(I)cc2)CC1. The third-order valence-electron chi connectivity index (χ3n) is 4.60. The van der Waals surface area contributed by atoms with E-state index in [-0.39, 0.29) is 24.3 Å². The molecule has 0 aliphatic carbocycles. The highest BCUT2D eigenvalue weighted by Gasteiger charge is 2.29. The highest BCUT2D eigenvalue weighted by atomic mass is 127. The van der Waals surface area contributed by atoms with Crippen LogP contribution in [0.4, 0.5) is 0 Å². The monoisotopic (exact) mass is 458 g/mol. The summed E-state index contributed by atoms with van der Waals surface area (Å²) in [7, 11) is 1.88. The molecule has 0 aromatic heterocycles. The van der Waals surface area contributed by atoms with Gasteiger partial charge in [0.15, 0.2) is 6.61 Å². The third-order valence-corrected chi connectivity index (χ3v) is 5.32. The summed E-state index contributed by atoms with van der Waals surface area (Å²) in [5.41, 5.74) is 0. The van der Waals surface area contributed by atoms with E-state index in [1.54, 1.807) is 0 Å². The van der Waals surface area contributed by atoms with Gasteiger partial charge in [0.2, 0.25) is 5.91 Å². The number of piperidine rings is 1. The Bertz CT molecular complexity index is 569. The zero-order chi connectivity index (χ0) is 18.2. The quantitative estimate of drug-likeness (QED) is 0.590. The lowest BCUT2D eigenvalue weighted by atomic mass is 9.95. The van der Waals surface area contributed by atoms with Gasteiger partial charge in [-0.1, -0.05) is 13.3 Å². The number of rotatable bonds is 7.